The van der Waals surface area contributed by atoms with Gasteiger partial charge in [-0.25, -0.2) is 0 Å². The zero-order chi connectivity index (χ0) is 11.6. The Labute approximate surface area is 92.8 Å². The molecule has 1 aliphatic rings. The van der Waals surface area contributed by atoms with Gasteiger partial charge in [-0.05, 0) is 31.8 Å². The minimum Gasteiger partial charge on any atom is -0.469 e. The third-order valence-electron chi connectivity index (χ3n) is 3.40. The maximum atomic E-state index is 11.5. The van der Waals surface area contributed by atoms with Gasteiger partial charge in [0, 0.05) is 6.04 Å². The SMILES string of the molecule is COC(=O)C1CCN(C)C(C(C)(C)C)C1. The van der Waals surface area contributed by atoms with Gasteiger partial charge >= 0.3 is 5.97 Å². The first-order valence-electron chi connectivity index (χ1n) is 5.64. The minimum absolute atomic E-state index is 0.0441. The summed E-state index contributed by atoms with van der Waals surface area (Å²) < 4.78 is 4.83. The number of likely N-dealkylation sites (tertiary alicyclic amines) is 1. The van der Waals surface area contributed by atoms with Crippen LogP contribution in [0, 0.1) is 11.3 Å². The van der Waals surface area contributed by atoms with Gasteiger partial charge in [-0.1, -0.05) is 20.8 Å². The Morgan fingerprint density at radius 2 is 2.00 bits per heavy atom. The zero-order valence-corrected chi connectivity index (χ0v) is 10.5. The fourth-order valence-corrected chi connectivity index (χ4v) is 2.48. The molecular formula is C12H23NO2. The van der Waals surface area contributed by atoms with E-state index < -0.39 is 0 Å². The number of piperidine rings is 1. The van der Waals surface area contributed by atoms with Crippen molar-refractivity contribution in [2.45, 2.75) is 39.7 Å². The Balaban J connectivity index is 2.68. The summed E-state index contributed by atoms with van der Waals surface area (Å²) in [5, 5.41) is 0. The van der Waals surface area contributed by atoms with Crippen LogP contribution >= 0.6 is 0 Å². The first-order valence-corrected chi connectivity index (χ1v) is 5.64. The predicted octanol–water partition coefficient (Wildman–Crippen LogP) is 1.92. The second kappa shape index (κ2) is 4.52. The Hall–Kier alpha value is -0.570. The van der Waals surface area contributed by atoms with Crippen LogP contribution in [0.1, 0.15) is 33.6 Å². The quantitative estimate of drug-likeness (QED) is 0.623. The number of esters is 1. The molecule has 15 heavy (non-hydrogen) atoms. The number of rotatable bonds is 1. The molecule has 2 atom stereocenters. The van der Waals surface area contributed by atoms with E-state index >= 15 is 0 Å². The Kier molecular flexibility index (Phi) is 3.77. The number of ether oxygens (including phenoxy) is 1. The second-order valence-corrected chi connectivity index (χ2v) is 5.61. The zero-order valence-electron chi connectivity index (χ0n) is 10.5. The summed E-state index contributed by atoms with van der Waals surface area (Å²) >= 11 is 0. The topological polar surface area (TPSA) is 29.5 Å². The van der Waals surface area contributed by atoms with Gasteiger partial charge in [0.05, 0.1) is 13.0 Å². The summed E-state index contributed by atoms with van der Waals surface area (Å²) in [6, 6.07) is 0.468. The Bertz CT molecular complexity index is 232. The molecule has 3 nitrogen and oxygen atoms in total. The molecule has 1 saturated heterocycles. The van der Waals surface area contributed by atoms with Crippen LogP contribution in [0.3, 0.4) is 0 Å². The molecule has 1 rings (SSSR count). The molecule has 0 aliphatic carbocycles. The normalized spacial score (nSPS) is 28.9. The van der Waals surface area contributed by atoms with Crippen molar-refractivity contribution in [2.75, 3.05) is 20.7 Å². The number of hydrogen-bond donors (Lipinski definition) is 0. The van der Waals surface area contributed by atoms with Crippen molar-refractivity contribution in [1.82, 2.24) is 4.90 Å². The molecule has 0 radical (unpaired) electrons. The predicted molar refractivity (Wildman–Crippen MR) is 60.6 cm³/mol. The van der Waals surface area contributed by atoms with Crippen molar-refractivity contribution in [3.63, 3.8) is 0 Å². The molecule has 1 fully saturated rings. The van der Waals surface area contributed by atoms with Crippen LogP contribution < -0.4 is 0 Å². The highest BCUT2D eigenvalue weighted by Crippen LogP contribution is 2.33. The third kappa shape index (κ3) is 2.94. The van der Waals surface area contributed by atoms with E-state index in [1.54, 1.807) is 0 Å². The maximum absolute atomic E-state index is 11.5. The summed E-state index contributed by atoms with van der Waals surface area (Å²) in [6.45, 7) is 7.68. The summed E-state index contributed by atoms with van der Waals surface area (Å²) in [7, 11) is 3.62. The van der Waals surface area contributed by atoms with Gasteiger partial charge in [-0.2, -0.15) is 0 Å². The van der Waals surface area contributed by atoms with Crippen molar-refractivity contribution >= 4 is 5.97 Å². The summed E-state index contributed by atoms with van der Waals surface area (Å²) in [5.74, 6) is 0.0489. The molecule has 0 bridgehead atoms. The molecule has 88 valence electrons. The average molecular weight is 213 g/mol. The minimum atomic E-state index is -0.0441. The number of methoxy groups -OCH3 is 1. The van der Waals surface area contributed by atoms with Gasteiger partial charge in [0.25, 0.3) is 0 Å². The molecule has 0 aromatic rings. The fourth-order valence-electron chi connectivity index (χ4n) is 2.48. The average Bonchev–Trinajstić information content (AvgIpc) is 2.15. The monoisotopic (exact) mass is 213 g/mol. The molecule has 0 aromatic carbocycles. The van der Waals surface area contributed by atoms with E-state index in [9.17, 15) is 4.79 Å². The van der Waals surface area contributed by atoms with Gasteiger partial charge in [-0.15, -0.1) is 0 Å². The largest absolute Gasteiger partial charge is 0.469 e. The first kappa shape index (κ1) is 12.5. The molecule has 1 aliphatic heterocycles. The van der Waals surface area contributed by atoms with Gasteiger partial charge in [0.1, 0.15) is 0 Å². The lowest BCUT2D eigenvalue weighted by Crippen LogP contribution is -2.48. The molecule has 0 N–H and O–H groups in total. The van der Waals surface area contributed by atoms with Crippen LogP contribution in [0.25, 0.3) is 0 Å². The summed E-state index contributed by atoms with van der Waals surface area (Å²) in [4.78, 5) is 13.9. The molecular weight excluding hydrogens is 190 g/mol. The van der Waals surface area contributed by atoms with E-state index in [2.05, 4.69) is 32.7 Å². The van der Waals surface area contributed by atoms with Crippen molar-refractivity contribution in [2.24, 2.45) is 11.3 Å². The van der Waals surface area contributed by atoms with E-state index in [1.807, 2.05) is 0 Å². The number of nitrogens with zero attached hydrogens (tertiary/aromatic N) is 1. The Morgan fingerprint density at radius 3 is 2.47 bits per heavy atom. The van der Waals surface area contributed by atoms with Crippen LogP contribution in [0.2, 0.25) is 0 Å². The van der Waals surface area contributed by atoms with E-state index in [-0.39, 0.29) is 17.3 Å². The van der Waals surface area contributed by atoms with Gasteiger partial charge in [0.15, 0.2) is 0 Å². The lowest BCUT2D eigenvalue weighted by Gasteiger charge is -2.43. The molecule has 0 saturated carbocycles. The van der Waals surface area contributed by atoms with E-state index in [0.717, 1.165) is 19.4 Å². The van der Waals surface area contributed by atoms with Crippen molar-refractivity contribution in [3.05, 3.63) is 0 Å². The van der Waals surface area contributed by atoms with Crippen molar-refractivity contribution in [3.8, 4) is 0 Å². The molecule has 0 aromatic heterocycles. The highest BCUT2D eigenvalue weighted by atomic mass is 16.5. The van der Waals surface area contributed by atoms with Crippen LogP contribution in [0.4, 0.5) is 0 Å². The number of carbonyl (C=O) groups excluding carboxylic acids is 1. The maximum Gasteiger partial charge on any atom is 0.308 e. The number of carbonyl (C=O) groups is 1. The van der Waals surface area contributed by atoms with Gasteiger partial charge in [0.2, 0.25) is 0 Å². The number of hydrogen-bond acceptors (Lipinski definition) is 3. The summed E-state index contributed by atoms with van der Waals surface area (Å²) in [6.07, 6.45) is 1.85. The van der Waals surface area contributed by atoms with Crippen LogP contribution in [-0.2, 0) is 9.53 Å². The van der Waals surface area contributed by atoms with E-state index in [4.69, 9.17) is 4.74 Å². The first-order chi connectivity index (χ1) is 6.86. The standard InChI is InChI=1S/C12H23NO2/c1-12(2,3)10-8-9(11(14)15-5)6-7-13(10)4/h9-10H,6-8H2,1-5H3. The fraction of sp³-hybridized carbons (Fsp3) is 0.917. The highest BCUT2D eigenvalue weighted by Gasteiger charge is 2.37. The highest BCUT2D eigenvalue weighted by molar-refractivity contribution is 5.72. The van der Waals surface area contributed by atoms with Crippen LogP contribution in [0.5, 0.6) is 0 Å². The van der Waals surface area contributed by atoms with Gasteiger partial charge < -0.3 is 9.64 Å². The lowest BCUT2D eigenvalue weighted by molar-refractivity contribution is -0.148. The molecule has 2 unspecified atom stereocenters. The molecule has 1 heterocycles. The Morgan fingerprint density at radius 1 is 1.40 bits per heavy atom. The molecule has 0 spiro atoms. The second-order valence-electron chi connectivity index (χ2n) is 5.61. The molecule has 3 heteroatoms. The van der Waals surface area contributed by atoms with Gasteiger partial charge in [-0.3, -0.25) is 4.79 Å². The van der Waals surface area contributed by atoms with Crippen LogP contribution in [0.15, 0.2) is 0 Å². The molecule has 0 amide bonds. The smallest absolute Gasteiger partial charge is 0.308 e. The third-order valence-corrected chi connectivity index (χ3v) is 3.40. The van der Waals surface area contributed by atoms with E-state index in [0.29, 0.717) is 6.04 Å². The van der Waals surface area contributed by atoms with Crippen molar-refractivity contribution < 1.29 is 9.53 Å². The lowest BCUT2D eigenvalue weighted by atomic mass is 9.77. The van der Waals surface area contributed by atoms with E-state index in [1.165, 1.54) is 7.11 Å². The summed E-state index contributed by atoms with van der Waals surface area (Å²) in [5.41, 5.74) is 0.224. The van der Waals surface area contributed by atoms with Crippen molar-refractivity contribution in [1.29, 1.82) is 0 Å². The van der Waals surface area contributed by atoms with Crippen LogP contribution in [-0.4, -0.2) is 37.6 Å².